The average Bonchev–Trinajstić information content (AvgIpc) is 2.61. The maximum atomic E-state index is 9.56. The minimum atomic E-state index is 0.168. The third-order valence-electron chi connectivity index (χ3n) is 4.06. The fourth-order valence-corrected chi connectivity index (χ4v) is 2.79. The summed E-state index contributed by atoms with van der Waals surface area (Å²) in [6, 6.07) is 20.8. The lowest BCUT2D eigenvalue weighted by molar-refractivity contribution is 0.220. The van der Waals surface area contributed by atoms with Gasteiger partial charge >= 0.3 is 0 Å². The minimum absolute atomic E-state index is 0.168. The monoisotopic (exact) mass is 306 g/mol. The van der Waals surface area contributed by atoms with Gasteiger partial charge in [-0.2, -0.15) is 0 Å². The first kappa shape index (κ1) is 15.7. The van der Waals surface area contributed by atoms with E-state index in [1.54, 1.807) is 6.20 Å². The first-order valence-corrected chi connectivity index (χ1v) is 8.04. The Balaban J connectivity index is 1.54. The Morgan fingerprint density at radius 3 is 2.57 bits per heavy atom. The highest BCUT2D eigenvalue weighted by Gasteiger charge is 2.09. The van der Waals surface area contributed by atoms with Crippen molar-refractivity contribution in [2.45, 2.75) is 13.0 Å². The molecule has 0 amide bonds. The van der Waals surface area contributed by atoms with E-state index >= 15 is 0 Å². The topological polar surface area (TPSA) is 45.1 Å². The highest BCUT2D eigenvalue weighted by molar-refractivity contribution is 5.82. The van der Waals surface area contributed by atoms with Gasteiger partial charge in [0.15, 0.2) is 0 Å². The number of nitrogens with one attached hydrogen (secondary N) is 1. The van der Waals surface area contributed by atoms with E-state index in [1.807, 2.05) is 18.2 Å². The zero-order valence-corrected chi connectivity index (χ0v) is 13.2. The number of hydrogen-bond acceptors (Lipinski definition) is 3. The summed E-state index contributed by atoms with van der Waals surface area (Å²) in [5.74, 6) is 0.186. The molecule has 0 spiro atoms. The fourth-order valence-electron chi connectivity index (χ4n) is 2.79. The summed E-state index contributed by atoms with van der Waals surface area (Å²) in [7, 11) is 0. The van der Waals surface area contributed by atoms with E-state index in [0.29, 0.717) is 0 Å². The van der Waals surface area contributed by atoms with E-state index in [-0.39, 0.29) is 12.5 Å². The Morgan fingerprint density at radius 1 is 0.957 bits per heavy atom. The van der Waals surface area contributed by atoms with E-state index in [9.17, 15) is 5.11 Å². The van der Waals surface area contributed by atoms with Crippen molar-refractivity contribution in [1.82, 2.24) is 10.3 Å². The molecule has 0 saturated carbocycles. The Labute approximate surface area is 137 Å². The van der Waals surface area contributed by atoms with Crippen molar-refractivity contribution in [3.63, 3.8) is 0 Å². The van der Waals surface area contributed by atoms with Crippen molar-refractivity contribution in [2.75, 3.05) is 13.2 Å². The van der Waals surface area contributed by atoms with Gasteiger partial charge in [0, 0.05) is 31.6 Å². The van der Waals surface area contributed by atoms with E-state index in [0.717, 1.165) is 25.2 Å². The number of fused-ring (bicyclic) bond motifs is 1. The molecular formula is C20H22N2O. The van der Waals surface area contributed by atoms with E-state index in [2.05, 4.69) is 52.8 Å². The van der Waals surface area contributed by atoms with Crippen molar-refractivity contribution in [3.8, 4) is 0 Å². The molecule has 1 heterocycles. The van der Waals surface area contributed by atoms with E-state index in [4.69, 9.17) is 0 Å². The maximum absolute atomic E-state index is 9.56. The van der Waals surface area contributed by atoms with Gasteiger partial charge in [-0.3, -0.25) is 4.98 Å². The third-order valence-corrected chi connectivity index (χ3v) is 4.06. The molecule has 23 heavy (non-hydrogen) atoms. The average molecular weight is 306 g/mol. The van der Waals surface area contributed by atoms with Crippen LogP contribution in [0.3, 0.4) is 0 Å². The lowest BCUT2D eigenvalue weighted by Gasteiger charge is -2.15. The van der Waals surface area contributed by atoms with Gasteiger partial charge in [-0.1, -0.05) is 42.5 Å². The Hall–Kier alpha value is -2.23. The van der Waals surface area contributed by atoms with Crippen LogP contribution in [-0.2, 0) is 13.0 Å². The summed E-state index contributed by atoms with van der Waals surface area (Å²) in [5.41, 5.74) is 2.29. The van der Waals surface area contributed by atoms with Crippen LogP contribution in [0.1, 0.15) is 11.3 Å². The van der Waals surface area contributed by atoms with Crippen LogP contribution >= 0.6 is 0 Å². The first-order valence-electron chi connectivity index (χ1n) is 8.04. The summed E-state index contributed by atoms with van der Waals surface area (Å²) in [6.07, 6.45) is 2.59. The maximum Gasteiger partial charge on any atom is 0.0475 e. The van der Waals surface area contributed by atoms with Crippen molar-refractivity contribution in [1.29, 1.82) is 0 Å². The smallest absolute Gasteiger partial charge is 0.0475 e. The van der Waals surface area contributed by atoms with Crippen molar-refractivity contribution < 1.29 is 5.11 Å². The Bertz CT molecular complexity index is 743. The second kappa shape index (κ2) is 7.86. The fraction of sp³-hybridized carbons (Fsp3) is 0.250. The molecule has 3 heteroatoms. The molecule has 3 rings (SSSR count). The van der Waals surface area contributed by atoms with Gasteiger partial charge in [-0.15, -0.1) is 0 Å². The van der Waals surface area contributed by atoms with Crippen molar-refractivity contribution in [2.24, 2.45) is 5.92 Å². The largest absolute Gasteiger partial charge is 0.396 e. The zero-order chi connectivity index (χ0) is 15.9. The second-order valence-corrected chi connectivity index (χ2v) is 5.89. The van der Waals surface area contributed by atoms with Crippen LogP contribution in [0.4, 0.5) is 0 Å². The molecule has 3 aromatic rings. The van der Waals surface area contributed by atoms with Gasteiger partial charge in [0.1, 0.15) is 0 Å². The molecule has 1 unspecified atom stereocenters. The molecule has 1 aromatic heterocycles. The van der Waals surface area contributed by atoms with Crippen LogP contribution in [0.15, 0.2) is 66.9 Å². The quantitative estimate of drug-likeness (QED) is 0.705. The predicted octanol–water partition coefficient (Wildman–Crippen LogP) is 3.18. The molecule has 2 aromatic carbocycles. The number of pyridine rings is 1. The molecule has 118 valence electrons. The molecule has 1 atom stereocenters. The normalized spacial score (nSPS) is 12.4. The van der Waals surface area contributed by atoms with E-state index < -0.39 is 0 Å². The van der Waals surface area contributed by atoms with Crippen LogP contribution < -0.4 is 5.32 Å². The number of nitrogens with zero attached hydrogens (tertiary/aromatic N) is 1. The number of aromatic nitrogens is 1. The molecule has 3 nitrogen and oxygen atoms in total. The summed E-state index contributed by atoms with van der Waals surface area (Å²) in [5, 5.41) is 15.5. The first-order chi connectivity index (χ1) is 11.3. The lowest BCUT2D eigenvalue weighted by atomic mass is 10.0. The van der Waals surface area contributed by atoms with E-state index in [1.165, 1.54) is 16.3 Å². The SMILES string of the molecule is OCC(CNCc1ccc2ccccc2c1)Cc1ccccn1. The molecule has 0 saturated heterocycles. The third kappa shape index (κ3) is 4.38. The van der Waals surface area contributed by atoms with Crippen LogP contribution in [-0.4, -0.2) is 23.2 Å². The zero-order valence-electron chi connectivity index (χ0n) is 13.2. The standard InChI is InChI=1S/C20H22N2O/c23-15-17(12-20-7-3-4-10-22-20)14-21-13-16-8-9-18-5-1-2-6-19(18)11-16/h1-11,17,21,23H,12-15H2. The van der Waals surface area contributed by atoms with Crippen LogP contribution in [0.5, 0.6) is 0 Å². The lowest BCUT2D eigenvalue weighted by Crippen LogP contribution is -2.26. The Kier molecular flexibility index (Phi) is 5.35. The molecule has 2 N–H and O–H groups in total. The van der Waals surface area contributed by atoms with Gasteiger partial charge < -0.3 is 10.4 Å². The number of aliphatic hydroxyl groups is 1. The molecule has 0 aliphatic carbocycles. The molecule has 0 radical (unpaired) electrons. The molecule has 0 bridgehead atoms. The predicted molar refractivity (Wildman–Crippen MR) is 94.2 cm³/mol. The molecular weight excluding hydrogens is 284 g/mol. The van der Waals surface area contributed by atoms with Gasteiger partial charge in [0.25, 0.3) is 0 Å². The summed E-state index contributed by atoms with van der Waals surface area (Å²) >= 11 is 0. The highest BCUT2D eigenvalue weighted by Crippen LogP contribution is 2.15. The summed E-state index contributed by atoms with van der Waals surface area (Å²) in [4.78, 5) is 4.33. The summed E-state index contributed by atoms with van der Waals surface area (Å²) < 4.78 is 0. The van der Waals surface area contributed by atoms with Gasteiger partial charge in [0.2, 0.25) is 0 Å². The van der Waals surface area contributed by atoms with Crippen LogP contribution in [0.25, 0.3) is 10.8 Å². The number of benzene rings is 2. The molecule has 0 aliphatic heterocycles. The summed E-state index contributed by atoms with van der Waals surface area (Å²) in [6.45, 7) is 1.75. The van der Waals surface area contributed by atoms with Crippen molar-refractivity contribution in [3.05, 3.63) is 78.1 Å². The van der Waals surface area contributed by atoms with Crippen molar-refractivity contribution >= 4 is 10.8 Å². The van der Waals surface area contributed by atoms with Crippen LogP contribution in [0, 0.1) is 5.92 Å². The number of rotatable bonds is 7. The van der Waals surface area contributed by atoms with Gasteiger partial charge in [-0.05, 0) is 46.9 Å². The minimum Gasteiger partial charge on any atom is -0.396 e. The second-order valence-electron chi connectivity index (χ2n) is 5.89. The van der Waals surface area contributed by atoms with Gasteiger partial charge in [-0.25, -0.2) is 0 Å². The number of hydrogen-bond donors (Lipinski definition) is 2. The Morgan fingerprint density at radius 2 is 1.78 bits per heavy atom. The molecule has 0 aliphatic rings. The highest BCUT2D eigenvalue weighted by atomic mass is 16.3. The van der Waals surface area contributed by atoms with Crippen LogP contribution in [0.2, 0.25) is 0 Å². The number of aliphatic hydroxyl groups excluding tert-OH is 1. The molecule has 0 fully saturated rings. The van der Waals surface area contributed by atoms with Gasteiger partial charge in [0.05, 0.1) is 0 Å².